The van der Waals surface area contributed by atoms with Gasteiger partial charge >= 0.3 is 12.5 Å². The van der Waals surface area contributed by atoms with Crippen LogP contribution in [0.3, 0.4) is 0 Å². The van der Waals surface area contributed by atoms with E-state index >= 15 is 0 Å². The molecule has 10 heteroatoms. The molecular formula is C9H7F6NO3. The summed E-state index contributed by atoms with van der Waals surface area (Å²) >= 11 is 0. The van der Waals surface area contributed by atoms with E-state index in [4.69, 9.17) is 5.11 Å². The molecule has 19 heavy (non-hydrogen) atoms. The molecular weight excluding hydrogens is 284 g/mol. The molecule has 1 aromatic heterocycles. The van der Waals surface area contributed by atoms with E-state index in [0.717, 1.165) is 7.11 Å². The summed E-state index contributed by atoms with van der Waals surface area (Å²) in [5, 5.41) is 8.85. The van der Waals surface area contributed by atoms with Gasteiger partial charge in [0.2, 0.25) is 0 Å². The highest BCUT2D eigenvalue weighted by molar-refractivity contribution is 5.43. The Hall–Kier alpha value is -1.71. The molecule has 0 atom stereocenters. The molecule has 0 aliphatic rings. The second-order valence-corrected chi connectivity index (χ2v) is 3.21. The summed E-state index contributed by atoms with van der Waals surface area (Å²) in [4.78, 5) is 2.71. The first kappa shape index (κ1) is 15.3. The van der Waals surface area contributed by atoms with Crippen LogP contribution in [0.5, 0.6) is 11.6 Å². The number of halogens is 6. The monoisotopic (exact) mass is 291 g/mol. The van der Waals surface area contributed by atoms with Gasteiger partial charge in [-0.1, -0.05) is 0 Å². The molecule has 0 aliphatic heterocycles. The second-order valence-electron chi connectivity index (χ2n) is 3.21. The van der Waals surface area contributed by atoms with Crippen molar-refractivity contribution in [1.29, 1.82) is 0 Å². The van der Waals surface area contributed by atoms with E-state index in [1.54, 1.807) is 0 Å². The van der Waals surface area contributed by atoms with Crippen LogP contribution in [0.25, 0.3) is 0 Å². The summed E-state index contributed by atoms with van der Waals surface area (Å²) in [5.74, 6) is -2.12. The normalized spacial score (nSPS) is 12.4. The molecule has 0 amide bonds. The molecule has 0 spiro atoms. The van der Waals surface area contributed by atoms with Crippen LogP contribution >= 0.6 is 0 Å². The molecule has 4 nitrogen and oxygen atoms in total. The van der Waals surface area contributed by atoms with Crippen molar-refractivity contribution in [3.8, 4) is 11.6 Å². The molecule has 1 rings (SSSR count). The van der Waals surface area contributed by atoms with Crippen molar-refractivity contribution in [3.63, 3.8) is 0 Å². The molecule has 0 radical (unpaired) electrons. The lowest BCUT2D eigenvalue weighted by Gasteiger charge is -2.16. The highest BCUT2D eigenvalue weighted by Crippen LogP contribution is 2.38. The summed E-state index contributed by atoms with van der Waals surface area (Å²) in [5.41, 5.74) is -2.15. The molecule has 0 saturated carbocycles. The lowest BCUT2D eigenvalue weighted by molar-refractivity contribution is -0.277. The first-order valence-electron chi connectivity index (χ1n) is 4.60. The maximum Gasteiger partial charge on any atom is 0.574 e. The molecule has 108 valence electrons. The van der Waals surface area contributed by atoms with Crippen molar-refractivity contribution >= 4 is 0 Å². The van der Waals surface area contributed by atoms with E-state index in [1.165, 1.54) is 0 Å². The number of rotatable bonds is 3. The largest absolute Gasteiger partial charge is 0.574 e. The van der Waals surface area contributed by atoms with Crippen LogP contribution < -0.4 is 9.47 Å². The Morgan fingerprint density at radius 2 is 1.79 bits per heavy atom. The average Bonchev–Trinajstić information content (AvgIpc) is 2.24. The highest BCUT2D eigenvalue weighted by atomic mass is 19.4. The highest BCUT2D eigenvalue weighted by Gasteiger charge is 2.38. The van der Waals surface area contributed by atoms with Gasteiger partial charge in [-0.3, -0.25) is 0 Å². The van der Waals surface area contributed by atoms with Crippen molar-refractivity contribution in [3.05, 3.63) is 17.3 Å². The summed E-state index contributed by atoms with van der Waals surface area (Å²) in [6.07, 6.45) is -10.2. The van der Waals surface area contributed by atoms with Crippen LogP contribution in [0.4, 0.5) is 26.3 Å². The zero-order valence-corrected chi connectivity index (χ0v) is 9.26. The first-order valence-corrected chi connectivity index (χ1v) is 4.60. The van der Waals surface area contributed by atoms with Crippen molar-refractivity contribution in [2.24, 2.45) is 0 Å². The predicted octanol–water partition coefficient (Wildman–Crippen LogP) is 2.50. The third kappa shape index (κ3) is 3.88. The van der Waals surface area contributed by atoms with Crippen LogP contribution in [0.15, 0.2) is 6.07 Å². The topological polar surface area (TPSA) is 51.6 Å². The Morgan fingerprint density at radius 3 is 2.16 bits per heavy atom. The molecule has 0 aromatic carbocycles. The zero-order chi connectivity index (χ0) is 14.8. The van der Waals surface area contributed by atoms with E-state index in [9.17, 15) is 26.3 Å². The Labute approximate surface area is 102 Å². The Kier molecular flexibility index (Phi) is 4.13. The number of hydrogen-bond acceptors (Lipinski definition) is 4. The third-order valence-electron chi connectivity index (χ3n) is 1.90. The van der Waals surface area contributed by atoms with E-state index in [2.05, 4.69) is 14.5 Å². The van der Waals surface area contributed by atoms with Gasteiger partial charge in [0.05, 0.1) is 13.7 Å². The molecule has 0 aliphatic carbocycles. The van der Waals surface area contributed by atoms with Gasteiger partial charge in [0.15, 0.2) is 5.75 Å². The van der Waals surface area contributed by atoms with E-state index in [-0.39, 0.29) is 0 Å². The summed E-state index contributed by atoms with van der Waals surface area (Å²) in [6, 6.07) is 0.377. The quantitative estimate of drug-likeness (QED) is 0.869. The number of aliphatic hydroxyl groups excluding tert-OH is 1. The lowest BCUT2D eigenvalue weighted by atomic mass is 10.2. The van der Waals surface area contributed by atoms with Crippen molar-refractivity contribution in [2.45, 2.75) is 19.1 Å². The minimum Gasteiger partial charge on any atom is -0.491 e. The molecule has 0 bridgehead atoms. The van der Waals surface area contributed by atoms with Gasteiger partial charge in [-0.15, -0.1) is 13.2 Å². The number of alkyl halides is 6. The predicted molar refractivity (Wildman–Crippen MR) is 48.4 cm³/mol. The van der Waals surface area contributed by atoms with Gasteiger partial charge in [0, 0.05) is 5.56 Å². The molecule has 1 heterocycles. The van der Waals surface area contributed by atoms with Crippen LogP contribution in [-0.2, 0) is 12.8 Å². The molecule has 1 aromatic rings. The Morgan fingerprint density at radius 1 is 1.21 bits per heavy atom. The molecule has 0 saturated heterocycles. The fourth-order valence-corrected chi connectivity index (χ4v) is 1.22. The van der Waals surface area contributed by atoms with E-state index in [0.29, 0.717) is 6.07 Å². The maximum atomic E-state index is 12.4. The molecule has 0 fully saturated rings. The molecule has 0 unspecified atom stereocenters. The summed E-state index contributed by atoms with van der Waals surface area (Å²) in [6.45, 7) is -0.969. The van der Waals surface area contributed by atoms with E-state index in [1.807, 2.05) is 0 Å². The third-order valence-corrected chi connectivity index (χ3v) is 1.90. The molecule has 1 N–H and O–H groups in total. The number of methoxy groups -OCH3 is 1. The number of aromatic nitrogens is 1. The first-order chi connectivity index (χ1) is 8.58. The number of ether oxygens (including phenoxy) is 2. The van der Waals surface area contributed by atoms with E-state index < -0.39 is 42.0 Å². The number of hydrogen-bond donors (Lipinski definition) is 1. The second kappa shape index (κ2) is 5.11. The van der Waals surface area contributed by atoms with Crippen LogP contribution in [0, 0.1) is 0 Å². The van der Waals surface area contributed by atoms with Crippen LogP contribution in [0.1, 0.15) is 11.3 Å². The number of pyridine rings is 1. The summed E-state index contributed by atoms with van der Waals surface area (Å²) in [7, 11) is 0.909. The Balaban J connectivity index is 3.40. The van der Waals surface area contributed by atoms with Gasteiger partial charge in [-0.2, -0.15) is 13.2 Å². The van der Waals surface area contributed by atoms with Crippen LogP contribution in [-0.4, -0.2) is 23.6 Å². The van der Waals surface area contributed by atoms with Gasteiger partial charge in [0.1, 0.15) is 5.69 Å². The lowest BCUT2D eigenvalue weighted by Crippen LogP contribution is -2.20. The standard InChI is InChI=1S/C9H7F6NO3/c1-18-6-4(3-17)2-5(8(10,11)12)16-7(6)19-9(13,14)15/h2,17H,3H2,1H3. The van der Waals surface area contributed by atoms with Gasteiger partial charge < -0.3 is 14.6 Å². The minimum absolute atomic E-state index is 0.377. The average molecular weight is 291 g/mol. The van der Waals surface area contributed by atoms with Crippen LogP contribution in [0.2, 0.25) is 0 Å². The number of nitrogens with zero attached hydrogens (tertiary/aromatic N) is 1. The number of aliphatic hydroxyl groups is 1. The van der Waals surface area contributed by atoms with Crippen molar-refractivity contribution in [1.82, 2.24) is 4.98 Å². The van der Waals surface area contributed by atoms with Gasteiger partial charge in [0.25, 0.3) is 5.88 Å². The van der Waals surface area contributed by atoms with Crippen molar-refractivity contribution < 1.29 is 40.9 Å². The maximum absolute atomic E-state index is 12.4. The Bertz CT molecular complexity index is 456. The fraction of sp³-hybridized carbons (Fsp3) is 0.444. The SMILES string of the molecule is COc1c(CO)cc(C(F)(F)F)nc1OC(F)(F)F. The minimum atomic E-state index is -5.24. The fourth-order valence-electron chi connectivity index (χ4n) is 1.22. The zero-order valence-electron chi connectivity index (χ0n) is 9.26. The van der Waals surface area contributed by atoms with Crippen molar-refractivity contribution in [2.75, 3.05) is 7.11 Å². The smallest absolute Gasteiger partial charge is 0.491 e. The van der Waals surface area contributed by atoms with Gasteiger partial charge in [-0.05, 0) is 6.07 Å². The summed E-state index contributed by atoms with van der Waals surface area (Å²) < 4.78 is 81.3. The van der Waals surface area contributed by atoms with Gasteiger partial charge in [-0.25, -0.2) is 4.98 Å².